The van der Waals surface area contributed by atoms with Crippen LogP contribution in [0.3, 0.4) is 0 Å². The number of nitrogens with zero attached hydrogens (tertiary/aromatic N) is 2. The summed E-state index contributed by atoms with van der Waals surface area (Å²) in [6, 6.07) is 8.95. The van der Waals surface area contributed by atoms with Crippen LogP contribution < -0.4 is 21.2 Å². The van der Waals surface area contributed by atoms with E-state index < -0.39 is 110 Å². The zero-order valence-corrected chi connectivity index (χ0v) is 34.9. The second-order valence-electron chi connectivity index (χ2n) is 13.8. The summed E-state index contributed by atoms with van der Waals surface area (Å²) in [6.07, 6.45) is -0.791. The van der Waals surface area contributed by atoms with E-state index in [1.165, 1.54) is 12.1 Å². The first kappa shape index (κ1) is 46.4. The number of benzene rings is 3. The first-order valence-electron chi connectivity index (χ1n) is 17.8. The number of carboxylic acids is 1. The minimum atomic E-state index is -5.22. The van der Waals surface area contributed by atoms with Crippen molar-refractivity contribution in [3.63, 3.8) is 0 Å². The quantitative estimate of drug-likeness (QED) is 0.0342. The predicted molar refractivity (Wildman–Crippen MR) is 210 cm³/mol. The van der Waals surface area contributed by atoms with Crippen LogP contribution in [0.2, 0.25) is 0 Å². The van der Waals surface area contributed by atoms with Crippen molar-refractivity contribution in [1.82, 2.24) is 14.7 Å². The van der Waals surface area contributed by atoms with Crippen LogP contribution >= 0.6 is 0 Å². The average Bonchev–Trinajstić information content (AvgIpc) is 3.43. The van der Waals surface area contributed by atoms with Crippen LogP contribution in [0, 0.1) is 0 Å². The molecule has 2 heterocycles. The number of nitrogens with two attached hydrogens (primary N) is 2. The third-order valence-corrected chi connectivity index (χ3v) is 12.3. The summed E-state index contributed by atoms with van der Waals surface area (Å²) in [5.41, 5.74) is 3.19. The second kappa shape index (κ2) is 17.9. The molecule has 2 aliphatic heterocycles. The van der Waals surface area contributed by atoms with Gasteiger partial charge in [-0.15, -0.1) is 5.06 Å². The van der Waals surface area contributed by atoms with Gasteiger partial charge in [0.2, 0.25) is 20.3 Å². The Balaban J connectivity index is 0.000000764. The van der Waals surface area contributed by atoms with Crippen LogP contribution in [0.5, 0.6) is 0 Å². The van der Waals surface area contributed by atoms with E-state index in [1.54, 1.807) is 0 Å². The molecule has 2 aromatic carbocycles. The summed E-state index contributed by atoms with van der Waals surface area (Å²) in [6.45, 7) is 11.8. The van der Waals surface area contributed by atoms with Gasteiger partial charge in [-0.25, -0.2) is 22.7 Å². The first-order chi connectivity index (χ1) is 27.3. The minimum absolute atomic E-state index is 0.179. The molecule has 23 heteroatoms. The summed E-state index contributed by atoms with van der Waals surface area (Å²) in [4.78, 5) is 54.9. The molecular weight excluding hydrogens is 839 g/mol. The molecule has 3 aliphatic rings. The topological polar surface area (TPSA) is 324 Å². The number of carboxylic acid groups (broad SMARTS) is 1. The van der Waals surface area contributed by atoms with Crippen LogP contribution in [0.4, 0.5) is 5.69 Å². The highest BCUT2D eigenvalue weighted by molar-refractivity contribution is 7.90. The van der Waals surface area contributed by atoms with E-state index in [9.17, 15) is 54.1 Å². The second-order valence-corrected chi connectivity index (χ2v) is 18.4. The lowest BCUT2D eigenvalue weighted by Gasteiger charge is -2.28. The van der Waals surface area contributed by atoms with Gasteiger partial charge in [0.25, 0.3) is 21.9 Å². The largest absolute Gasteiger partial charge is 0.478 e. The van der Waals surface area contributed by atoms with Crippen LogP contribution in [0.15, 0.2) is 56.7 Å². The molecule has 0 spiro atoms. The SMILES string of the molecule is CCN(C(C)C)C(C)C.Nc1ccc2c(-c3ccc(C(=O)ON4C(=O)CCC4=O)cc3C(=O)O)c3ccc(=[NH2+])c(S(=O)(=O)O)c-3oc2c1S(=O)(=O)NCCCS(=O)(=O)O. The number of hydroxylamine groups is 2. The monoisotopic (exact) mass is 882 g/mol. The smallest absolute Gasteiger partial charge is 0.363 e. The zero-order chi connectivity index (χ0) is 44.4. The molecule has 1 aliphatic carbocycles. The molecule has 0 atom stereocenters. The van der Waals surface area contributed by atoms with Crippen molar-refractivity contribution in [2.24, 2.45) is 0 Å². The lowest BCUT2D eigenvalue weighted by atomic mass is 9.89. The summed E-state index contributed by atoms with van der Waals surface area (Å²) in [5.74, 6) is -6.05. The highest BCUT2D eigenvalue weighted by Crippen LogP contribution is 2.45. The Kier molecular flexibility index (Phi) is 14.1. The van der Waals surface area contributed by atoms with Crippen molar-refractivity contribution < 1.29 is 73.3 Å². The molecule has 2 aromatic rings. The summed E-state index contributed by atoms with van der Waals surface area (Å²) in [5, 5.41) is 15.6. The molecule has 0 radical (unpaired) electrons. The van der Waals surface area contributed by atoms with Crippen molar-refractivity contribution in [3.8, 4) is 22.5 Å². The Morgan fingerprint density at radius 1 is 0.932 bits per heavy atom. The van der Waals surface area contributed by atoms with E-state index in [-0.39, 0.29) is 46.4 Å². The van der Waals surface area contributed by atoms with Crippen molar-refractivity contribution >= 4 is 70.7 Å². The Hall–Kier alpha value is -5.30. The summed E-state index contributed by atoms with van der Waals surface area (Å²) in [7, 11) is -14.4. The highest BCUT2D eigenvalue weighted by atomic mass is 32.2. The molecule has 2 amide bonds. The molecule has 1 fully saturated rings. The van der Waals surface area contributed by atoms with Crippen LogP contribution in [0.1, 0.15) is 74.6 Å². The van der Waals surface area contributed by atoms with Gasteiger partial charge in [0.15, 0.2) is 11.3 Å². The predicted octanol–water partition coefficient (Wildman–Crippen LogP) is 1.29. The van der Waals surface area contributed by atoms with Gasteiger partial charge in [0, 0.05) is 54.0 Å². The van der Waals surface area contributed by atoms with Crippen LogP contribution in [-0.2, 0) is 44.7 Å². The number of hydrogen-bond donors (Lipinski definition) is 6. The fraction of sp³-hybridized carbons (Fsp3) is 0.361. The number of fused-ring (bicyclic) bond motifs is 2. The molecule has 1 saturated heterocycles. The van der Waals surface area contributed by atoms with Gasteiger partial charge in [0.1, 0.15) is 4.90 Å². The number of imide groups is 1. The van der Waals surface area contributed by atoms with Crippen LogP contribution in [0.25, 0.3) is 33.4 Å². The normalized spacial score (nSPS) is 13.8. The highest BCUT2D eigenvalue weighted by Gasteiger charge is 2.35. The molecule has 0 bridgehead atoms. The Morgan fingerprint density at radius 3 is 2.03 bits per heavy atom. The maximum Gasteiger partial charge on any atom is 0.363 e. The third-order valence-electron chi connectivity index (χ3n) is 9.05. The number of hydrogen-bond acceptors (Lipinski definition) is 14. The Labute approximate surface area is 339 Å². The number of rotatable bonds is 14. The molecular formula is C36H44N5O15S3+. The third kappa shape index (κ3) is 10.5. The van der Waals surface area contributed by atoms with E-state index in [0.29, 0.717) is 12.1 Å². The van der Waals surface area contributed by atoms with Crippen molar-refractivity contribution in [1.29, 1.82) is 0 Å². The van der Waals surface area contributed by atoms with Gasteiger partial charge in [-0.1, -0.05) is 13.0 Å². The number of carbonyl (C=O) groups excluding carboxylic acids is 3. The number of aromatic carboxylic acids is 1. The fourth-order valence-electron chi connectivity index (χ4n) is 6.55. The standard InChI is InChI=1S/C28H24N4O15S3.C8H19N/c29-18-6-4-15-22(14-3-2-13(12-17(14)27(35)36)28(37)47-32-20(33)8-9-21(32)34)16-5-7-19(30)26(50(43,44)45)24(16)46-23(15)25(18)49(41,42)31-10-1-11-48(38,39)40;1-6-9(7(2)3)8(4)5/h2-7,12,30-31H,1,8-11,29H2,(H,35,36)(H,38,39,40)(H,43,44,45);7-8H,6H2,1-5H3/p+1. The average molecular weight is 883 g/mol. The molecule has 20 nitrogen and oxygen atoms in total. The zero-order valence-electron chi connectivity index (χ0n) is 32.5. The van der Waals surface area contributed by atoms with Gasteiger partial charge >= 0.3 is 22.1 Å². The van der Waals surface area contributed by atoms with E-state index in [1.807, 2.05) is 0 Å². The van der Waals surface area contributed by atoms with Gasteiger partial charge < -0.3 is 20.1 Å². The lowest BCUT2D eigenvalue weighted by molar-refractivity contribution is -0.176. The van der Waals surface area contributed by atoms with Gasteiger partial charge in [0.05, 0.1) is 22.6 Å². The number of sulfonamides is 1. The molecule has 320 valence electrons. The lowest BCUT2D eigenvalue weighted by Crippen LogP contribution is -2.47. The van der Waals surface area contributed by atoms with Crippen molar-refractivity contribution in [2.75, 3.05) is 24.6 Å². The number of amides is 2. The number of nitrogen functional groups attached to an aromatic ring is 1. The number of anilines is 1. The molecule has 0 unspecified atom stereocenters. The van der Waals surface area contributed by atoms with E-state index in [2.05, 4.69) is 44.2 Å². The maximum absolute atomic E-state index is 13.6. The molecule has 5 rings (SSSR count). The van der Waals surface area contributed by atoms with Crippen molar-refractivity contribution in [2.45, 2.75) is 75.8 Å². The minimum Gasteiger partial charge on any atom is -0.478 e. The number of carbonyl (C=O) groups is 4. The van der Waals surface area contributed by atoms with E-state index >= 15 is 0 Å². The molecule has 0 saturated carbocycles. The van der Waals surface area contributed by atoms with Crippen LogP contribution in [-0.4, -0.2) is 104 Å². The number of nitrogens with one attached hydrogen (secondary N) is 1. The van der Waals surface area contributed by atoms with Gasteiger partial charge in [-0.3, -0.25) is 29.0 Å². The van der Waals surface area contributed by atoms with Gasteiger partial charge in [-0.05, 0) is 76.6 Å². The van der Waals surface area contributed by atoms with E-state index in [4.69, 9.17) is 25.0 Å². The van der Waals surface area contributed by atoms with Gasteiger partial charge in [-0.2, -0.15) is 16.8 Å². The van der Waals surface area contributed by atoms with E-state index in [0.717, 1.165) is 36.9 Å². The summed E-state index contributed by atoms with van der Waals surface area (Å²) >= 11 is 0. The fourth-order valence-corrected chi connectivity index (χ4v) is 9.14. The maximum atomic E-state index is 13.6. The Morgan fingerprint density at radius 2 is 1.53 bits per heavy atom. The first-order valence-corrected chi connectivity index (χ1v) is 22.4. The summed E-state index contributed by atoms with van der Waals surface area (Å²) < 4.78 is 101. The molecule has 8 N–H and O–H groups in total. The molecule has 0 aromatic heterocycles. The molecule has 59 heavy (non-hydrogen) atoms. The van der Waals surface area contributed by atoms with Crippen molar-refractivity contribution in [3.05, 3.63) is 58.9 Å². The Bertz CT molecular complexity index is 2670.